The average molecular weight is 525 g/mol. The minimum atomic E-state index is 0.541. The van der Waals surface area contributed by atoms with E-state index < -0.39 is 0 Å². The molecule has 2 aromatic carbocycles. The molecular formula is C31H40N8. The number of rotatable bonds is 9. The van der Waals surface area contributed by atoms with Crippen molar-refractivity contribution < 1.29 is 0 Å². The number of fused-ring (bicyclic) bond motifs is 1. The number of nitrogens with zero attached hydrogens (tertiary/aromatic N) is 3. The molecule has 0 amide bonds. The van der Waals surface area contributed by atoms with E-state index in [2.05, 4.69) is 64.0 Å². The summed E-state index contributed by atoms with van der Waals surface area (Å²) < 4.78 is 2.09. The largest absolute Gasteiger partial charge is 0.405 e. The molecule has 0 bridgehead atoms. The number of benzene rings is 2. The quantitative estimate of drug-likeness (QED) is 0.195. The minimum absolute atomic E-state index is 0.541. The summed E-state index contributed by atoms with van der Waals surface area (Å²) in [5.41, 5.74) is 31.4. The number of aryl methyl sites for hydroxylation is 2. The monoisotopic (exact) mass is 524 g/mol. The van der Waals surface area contributed by atoms with Crippen LogP contribution >= 0.6 is 0 Å². The van der Waals surface area contributed by atoms with Gasteiger partial charge in [-0.25, -0.2) is 4.98 Å². The number of hydrogen-bond donors (Lipinski definition) is 5. The zero-order valence-electron chi connectivity index (χ0n) is 23.3. The fraction of sp³-hybridized carbons (Fsp3) is 0.226. The van der Waals surface area contributed by atoms with Crippen LogP contribution in [0, 0.1) is 13.8 Å². The van der Waals surface area contributed by atoms with E-state index in [0.29, 0.717) is 37.0 Å². The number of hydrogen-bond acceptors (Lipinski definition) is 7. The van der Waals surface area contributed by atoms with Crippen LogP contribution in [0.25, 0.3) is 16.8 Å². The Morgan fingerprint density at radius 1 is 1.03 bits per heavy atom. The molecule has 0 radical (unpaired) electrons. The average Bonchev–Trinajstić information content (AvgIpc) is 3.27. The standard InChI is InChI=1S/C29H34N8.C2H6/c1-19-14-24-23(8-12-35-29(24)33)20(2)25(19)17-36-28(32)15-27-26(31)9-13-37(27)18-22-6-4-21(5-7-22)16-34-11-3-10-30;1-2/h3-15,36H,16-18,30-32H2,1-2H3,(H2,33,35);1-2H3/b10-3-,28-15+,34-11?;. The first-order valence-corrected chi connectivity index (χ1v) is 13.1. The Morgan fingerprint density at radius 3 is 2.46 bits per heavy atom. The molecule has 2 aromatic heterocycles. The minimum Gasteiger partial charge on any atom is -0.405 e. The number of nitrogens with one attached hydrogen (secondary N) is 1. The topological polar surface area (TPSA) is 146 Å². The summed E-state index contributed by atoms with van der Waals surface area (Å²) in [5, 5.41) is 5.42. The lowest BCUT2D eigenvalue weighted by Crippen LogP contribution is -2.21. The highest BCUT2D eigenvalue weighted by Gasteiger charge is 2.11. The molecule has 0 aliphatic carbocycles. The maximum absolute atomic E-state index is 6.39. The summed E-state index contributed by atoms with van der Waals surface area (Å²) in [6, 6.07) is 14.3. The number of aromatic nitrogens is 2. The van der Waals surface area contributed by atoms with Gasteiger partial charge in [-0.15, -0.1) is 0 Å². The Kier molecular flexibility index (Phi) is 10.1. The summed E-state index contributed by atoms with van der Waals surface area (Å²) in [6.45, 7) is 10.0. The molecule has 2 heterocycles. The normalized spacial score (nSPS) is 11.7. The van der Waals surface area contributed by atoms with Gasteiger partial charge in [0, 0.05) is 43.2 Å². The lowest BCUT2D eigenvalue weighted by Gasteiger charge is -2.16. The van der Waals surface area contributed by atoms with E-state index >= 15 is 0 Å². The highest BCUT2D eigenvalue weighted by molar-refractivity contribution is 5.94. The predicted octanol–water partition coefficient (Wildman–Crippen LogP) is 4.98. The molecule has 204 valence electrons. The molecule has 0 fully saturated rings. The molecule has 9 N–H and O–H groups in total. The molecule has 0 spiro atoms. The van der Waals surface area contributed by atoms with Gasteiger partial charge in [-0.3, -0.25) is 4.99 Å². The van der Waals surface area contributed by atoms with Gasteiger partial charge in [-0.1, -0.05) is 38.1 Å². The lowest BCUT2D eigenvalue weighted by atomic mass is 9.96. The molecule has 4 aromatic rings. The van der Waals surface area contributed by atoms with E-state index in [-0.39, 0.29) is 0 Å². The van der Waals surface area contributed by atoms with E-state index in [1.807, 2.05) is 38.3 Å². The molecule has 4 rings (SSSR count). The van der Waals surface area contributed by atoms with Crippen LogP contribution in [0.3, 0.4) is 0 Å². The number of nitrogens with two attached hydrogens (primary N) is 4. The van der Waals surface area contributed by atoms with Gasteiger partial charge < -0.3 is 32.8 Å². The van der Waals surface area contributed by atoms with Crippen molar-refractivity contribution >= 4 is 34.6 Å². The number of allylic oxidation sites excluding steroid dienone is 1. The van der Waals surface area contributed by atoms with E-state index in [0.717, 1.165) is 38.7 Å². The summed E-state index contributed by atoms with van der Waals surface area (Å²) in [7, 11) is 0. The van der Waals surface area contributed by atoms with Crippen molar-refractivity contribution in [2.75, 3.05) is 11.5 Å². The summed E-state index contributed by atoms with van der Waals surface area (Å²) >= 11 is 0. The lowest BCUT2D eigenvalue weighted by molar-refractivity contribution is 0.781. The van der Waals surface area contributed by atoms with E-state index in [4.69, 9.17) is 22.9 Å². The van der Waals surface area contributed by atoms with Gasteiger partial charge in [-0.05, 0) is 77.5 Å². The zero-order valence-corrected chi connectivity index (χ0v) is 23.3. The van der Waals surface area contributed by atoms with Crippen LogP contribution in [0.5, 0.6) is 0 Å². The van der Waals surface area contributed by atoms with Gasteiger partial charge in [0.25, 0.3) is 0 Å². The second kappa shape index (κ2) is 13.7. The predicted molar refractivity (Wildman–Crippen MR) is 166 cm³/mol. The number of pyridine rings is 1. The third kappa shape index (κ3) is 7.19. The van der Waals surface area contributed by atoms with Gasteiger partial charge in [-0.2, -0.15) is 0 Å². The highest BCUT2D eigenvalue weighted by atomic mass is 15.0. The maximum Gasteiger partial charge on any atom is 0.131 e. The fourth-order valence-corrected chi connectivity index (χ4v) is 4.41. The smallest absolute Gasteiger partial charge is 0.131 e. The second-order valence-electron chi connectivity index (χ2n) is 9.02. The number of aliphatic imine (C=N–C) groups is 1. The molecule has 8 heteroatoms. The summed E-state index contributed by atoms with van der Waals surface area (Å²) in [6.07, 6.45) is 10.5. The van der Waals surface area contributed by atoms with Crippen LogP contribution in [-0.2, 0) is 19.6 Å². The Labute approximate surface area is 231 Å². The maximum atomic E-state index is 6.39. The van der Waals surface area contributed by atoms with Crippen molar-refractivity contribution in [3.63, 3.8) is 0 Å². The van der Waals surface area contributed by atoms with Crippen molar-refractivity contribution in [1.82, 2.24) is 14.9 Å². The van der Waals surface area contributed by atoms with Crippen molar-refractivity contribution in [1.29, 1.82) is 0 Å². The Hall–Kier alpha value is -4.72. The zero-order chi connectivity index (χ0) is 28.4. The summed E-state index contributed by atoms with van der Waals surface area (Å²) in [4.78, 5) is 8.52. The molecule has 0 saturated carbocycles. The van der Waals surface area contributed by atoms with Crippen LogP contribution in [0.2, 0.25) is 0 Å². The van der Waals surface area contributed by atoms with E-state index in [1.54, 1.807) is 18.5 Å². The Bertz CT molecular complexity index is 1480. The van der Waals surface area contributed by atoms with Crippen LogP contribution in [0.1, 0.15) is 47.4 Å². The first-order chi connectivity index (χ1) is 18.9. The summed E-state index contributed by atoms with van der Waals surface area (Å²) in [5.74, 6) is 1.08. The number of anilines is 2. The van der Waals surface area contributed by atoms with Crippen molar-refractivity contribution in [3.8, 4) is 0 Å². The number of nitrogen functional groups attached to an aromatic ring is 2. The van der Waals surface area contributed by atoms with Crippen LogP contribution < -0.4 is 28.3 Å². The van der Waals surface area contributed by atoms with Gasteiger partial charge >= 0.3 is 0 Å². The SMILES string of the molecule is CC.Cc1cc2c(N)nccc2c(C)c1CN/C(N)=C/c1c(N)ccn1Cc1ccc(CN=C/C=C\N)cc1. The highest BCUT2D eigenvalue weighted by Crippen LogP contribution is 2.28. The van der Waals surface area contributed by atoms with Gasteiger partial charge in [0.1, 0.15) is 5.82 Å². The van der Waals surface area contributed by atoms with Gasteiger partial charge in [0.15, 0.2) is 0 Å². The molecule has 0 aliphatic heterocycles. The molecule has 0 atom stereocenters. The van der Waals surface area contributed by atoms with E-state index in [1.165, 1.54) is 11.8 Å². The first-order valence-electron chi connectivity index (χ1n) is 13.1. The third-order valence-corrected chi connectivity index (χ3v) is 6.47. The Morgan fingerprint density at radius 2 is 1.74 bits per heavy atom. The fourth-order valence-electron chi connectivity index (χ4n) is 4.41. The van der Waals surface area contributed by atoms with Crippen molar-refractivity contribution in [2.45, 2.75) is 47.3 Å². The molecular weight excluding hydrogens is 484 g/mol. The molecule has 8 nitrogen and oxygen atoms in total. The van der Waals surface area contributed by atoms with Crippen molar-refractivity contribution in [2.24, 2.45) is 16.5 Å². The second-order valence-corrected chi connectivity index (χ2v) is 9.02. The van der Waals surface area contributed by atoms with Crippen LogP contribution in [-0.4, -0.2) is 15.8 Å². The van der Waals surface area contributed by atoms with Gasteiger partial charge in [0.05, 0.1) is 23.7 Å². The molecule has 39 heavy (non-hydrogen) atoms. The first kappa shape index (κ1) is 28.8. The van der Waals surface area contributed by atoms with Gasteiger partial charge in [0.2, 0.25) is 0 Å². The Balaban J connectivity index is 0.00000205. The van der Waals surface area contributed by atoms with Crippen molar-refractivity contribution in [3.05, 3.63) is 106 Å². The molecule has 0 unspecified atom stereocenters. The third-order valence-electron chi connectivity index (χ3n) is 6.47. The van der Waals surface area contributed by atoms with Crippen LogP contribution in [0.4, 0.5) is 11.5 Å². The van der Waals surface area contributed by atoms with Crippen LogP contribution in [0.15, 0.2) is 77.9 Å². The molecule has 0 saturated heterocycles. The molecule has 0 aliphatic rings. The van der Waals surface area contributed by atoms with E-state index in [9.17, 15) is 0 Å².